The van der Waals surface area contributed by atoms with Crippen LogP contribution in [0.1, 0.15) is 24.5 Å². The third-order valence-corrected chi connectivity index (χ3v) is 5.37. The van der Waals surface area contributed by atoms with E-state index in [1.54, 1.807) is 6.92 Å². The molecule has 122 valence electrons. The van der Waals surface area contributed by atoms with Crippen LogP contribution >= 0.6 is 0 Å². The third kappa shape index (κ3) is 3.10. The maximum absolute atomic E-state index is 11.7. The molecule has 1 aromatic rings. The number of benzene rings is 1. The molecule has 0 radical (unpaired) electrons. The lowest BCUT2D eigenvalue weighted by molar-refractivity contribution is -0.128. The maximum atomic E-state index is 11.7. The van der Waals surface area contributed by atoms with Crippen LogP contribution in [0.4, 0.5) is 0 Å². The summed E-state index contributed by atoms with van der Waals surface area (Å²) in [6.07, 6.45) is 1.00. The first-order valence-electron chi connectivity index (χ1n) is 8.14. The van der Waals surface area contributed by atoms with Crippen LogP contribution in [0.5, 0.6) is 0 Å². The Hall–Kier alpha value is -1.90. The van der Waals surface area contributed by atoms with Crippen molar-refractivity contribution in [3.63, 3.8) is 0 Å². The van der Waals surface area contributed by atoms with Crippen molar-refractivity contribution in [1.82, 2.24) is 9.80 Å². The van der Waals surface area contributed by atoms with Crippen molar-refractivity contribution in [1.29, 1.82) is 5.26 Å². The summed E-state index contributed by atoms with van der Waals surface area (Å²) in [5.41, 5.74) is 1.60. The highest BCUT2D eigenvalue weighted by Gasteiger charge is 2.49. The smallest absolute Gasteiger partial charge is 0.219 e. The molecule has 1 N–H and O–H groups in total. The summed E-state index contributed by atoms with van der Waals surface area (Å²) >= 11 is 0. The third-order valence-electron chi connectivity index (χ3n) is 5.37. The van der Waals surface area contributed by atoms with Gasteiger partial charge in [0.1, 0.15) is 0 Å². The fourth-order valence-corrected chi connectivity index (χ4v) is 4.07. The van der Waals surface area contributed by atoms with Gasteiger partial charge in [-0.3, -0.25) is 9.69 Å². The van der Waals surface area contributed by atoms with Gasteiger partial charge in [0.15, 0.2) is 0 Å². The van der Waals surface area contributed by atoms with Gasteiger partial charge in [0.25, 0.3) is 0 Å². The zero-order valence-electron chi connectivity index (χ0n) is 13.5. The molecule has 2 heterocycles. The van der Waals surface area contributed by atoms with E-state index in [0.717, 1.165) is 38.2 Å². The van der Waals surface area contributed by atoms with Gasteiger partial charge in [0, 0.05) is 38.5 Å². The summed E-state index contributed by atoms with van der Waals surface area (Å²) in [6.45, 7) is 5.70. The highest BCUT2D eigenvalue weighted by Crippen LogP contribution is 2.42. The molecule has 2 saturated heterocycles. The van der Waals surface area contributed by atoms with E-state index in [0.29, 0.717) is 18.0 Å². The Morgan fingerprint density at radius 2 is 2.30 bits per heavy atom. The molecule has 2 aliphatic rings. The topological polar surface area (TPSA) is 67.6 Å². The number of fused-ring (bicyclic) bond motifs is 1. The van der Waals surface area contributed by atoms with Crippen LogP contribution in [0.25, 0.3) is 0 Å². The number of amides is 1. The first-order valence-corrected chi connectivity index (χ1v) is 8.14. The largest absolute Gasteiger partial charge is 0.396 e. The quantitative estimate of drug-likeness (QED) is 0.911. The summed E-state index contributed by atoms with van der Waals surface area (Å²) in [6, 6.07) is 9.86. The number of carbonyl (C=O) groups is 1. The van der Waals surface area contributed by atoms with E-state index >= 15 is 0 Å². The lowest BCUT2D eigenvalue weighted by Gasteiger charge is -2.43. The second-order valence-electron chi connectivity index (χ2n) is 6.93. The van der Waals surface area contributed by atoms with Crippen molar-refractivity contribution in [2.75, 3.05) is 32.8 Å². The molecule has 2 aliphatic heterocycles. The van der Waals surface area contributed by atoms with E-state index in [1.807, 2.05) is 29.2 Å². The number of aliphatic hydroxyl groups excluding tert-OH is 1. The Morgan fingerprint density at radius 3 is 3.00 bits per heavy atom. The van der Waals surface area contributed by atoms with Crippen molar-refractivity contribution >= 4 is 5.91 Å². The molecule has 0 spiro atoms. The van der Waals surface area contributed by atoms with Crippen LogP contribution in [0.15, 0.2) is 24.3 Å². The van der Waals surface area contributed by atoms with Gasteiger partial charge in [-0.15, -0.1) is 0 Å². The highest BCUT2D eigenvalue weighted by molar-refractivity contribution is 5.73. The first kappa shape index (κ1) is 16.0. The molecule has 0 saturated carbocycles. The minimum atomic E-state index is -0.198. The summed E-state index contributed by atoms with van der Waals surface area (Å²) < 4.78 is 0. The van der Waals surface area contributed by atoms with Crippen LogP contribution < -0.4 is 0 Å². The van der Waals surface area contributed by atoms with Crippen molar-refractivity contribution in [2.45, 2.75) is 19.9 Å². The Labute approximate surface area is 137 Å². The molecule has 23 heavy (non-hydrogen) atoms. The molecular weight excluding hydrogens is 290 g/mol. The SMILES string of the molecule is CC(=O)N1CC2CCN(Cc3cccc(C#N)c3)CC2(CO)C1. The molecular formula is C18H23N3O2. The Kier molecular flexibility index (Phi) is 4.38. The number of piperidine rings is 1. The van der Waals surface area contributed by atoms with Gasteiger partial charge in [0.2, 0.25) is 5.91 Å². The van der Waals surface area contributed by atoms with E-state index in [2.05, 4.69) is 11.0 Å². The van der Waals surface area contributed by atoms with Crippen LogP contribution in [0.3, 0.4) is 0 Å². The normalized spacial score (nSPS) is 27.5. The molecule has 3 rings (SSSR count). The van der Waals surface area contributed by atoms with Crippen LogP contribution in [0, 0.1) is 22.7 Å². The highest BCUT2D eigenvalue weighted by atomic mass is 16.3. The second kappa shape index (κ2) is 6.31. The van der Waals surface area contributed by atoms with Crippen molar-refractivity contribution in [3.8, 4) is 6.07 Å². The fraction of sp³-hybridized carbons (Fsp3) is 0.556. The summed E-state index contributed by atoms with van der Waals surface area (Å²) in [5.74, 6) is 0.485. The predicted molar refractivity (Wildman–Crippen MR) is 86.3 cm³/mol. The standard InChI is InChI=1S/C18H23N3O2/c1-14(23)21-10-17-5-6-20(11-18(17,12-21)13-22)9-16-4-2-3-15(7-16)8-19/h2-4,7,17,22H,5-6,9-13H2,1H3. The fourth-order valence-electron chi connectivity index (χ4n) is 4.07. The van der Waals surface area contributed by atoms with Crippen LogP contribution in [0.2, 0.25) is 0 Å². The molecule has 0 aliphatic carbocycles. The van der Waals surface area contributed by atoms with Gasteiger partial charge in [-0.25, -0.2) is 0 Å². The van der Waals surface area contributed by atoms with E-state index < -0.39 is 0 Å². The minimum absolute atomic E-state index is 0.0977. The Bertz CT molecular complexity index is 639. The lowest BCUT2D eigenvalue weighted by Crippen LogP contribution is -2.50. The zero-order chi connectivity index (χ0) is 16.4. The van der Waals surface area contributed by atoms with E-state index in [1.165, 1.54) is 0 Å². The molecule has 5 heteroatoms. The van der Waals surface area contributed by atoms with Gasteiger partial charge < -0.3 is 10.0 Å². The number of likely N-dealkylation sites (tertiary alicyclic amines) is 2. The molecule has 1 amide bonds. The molecule has 1 aromatic carbocycles. The van der Waals surface area contributed by atoms with Gasteiger partial charge in [-0.05, 0) is 36.6 Å². The summed E-state index contributed by atoms with van der Waals surface area (Å²) in [5, 5.41) is 19.0. The average molecular weight is 313 g/mol. The number of carbonyl (C=O) groups excluding carboxylic acids is 1. The van der Waals surface area contributed by atoms with Crippen molar-refractivity contribution < 1.29 is 9.90 Å². The number of hydrogen-bond donors (Lipinski definition) is 1. The average Bonchev–Trinajstić information content (AvgIpc) is 2.95. The van der Waals surface area contributed by atoms with Crippen LogP contribution in [-0.2, 0) is 11.3 Å². The van der Waals surface area contributed by atoms with E-state index in [9.17, 15) is 9.90 Å². The number of rotatable bonds is 3. The zero-order valence-corrected chi connectivity index (χ0v) is 13.5. The van der Waals surface area contributed by atoms with Gasteiger partial charge >= 0.3 is 0 Å². The lowest BCUT2D eigenvalue weighted by atomic mass is 9.74. The minimum Gasteiger partial charge on any atom is -0.396 e. The van der Waals surface area contributed by atoms with Crippen LogP contribution in [-0.4, -0.2) is 53.6 Å². The first-order chi connectivity index (χ1) is 11.1. The van der Waals surface area contributed by atoms with Crippen molar-refractivity contribution in [3.05, 3.63) is 35.4 Å². The molecule has 2 unspecified atom stereocenters. The maximum Gasteiger partial charge on any atom is 0.219 e. The summed E-state index contributed by atoms with van der Waals surface area (Å²) in [7, 11) is 0. The van der Waals surface area contributed by atoms with Gasteiger partial charge in [0.05, 0.1) is 18.2 Å². The van der Waals surface area contributed by atoms with Gasteiger partial charge in [-0.1, -0.05) is 12.1 Å². The number of nitrogens with zero attached hydrogens (tertiary/aromatic N) is 3. The molecule has 0 aromatic heterocycles. The number of aliphatic hydroxyl groups is 1. The molecule has 0 bridgehead atoms. The monoisotopic (exact) mass is 313 g/mol. The molecule has 2 atom stereocenters. The molecule has 2 fully saturated rings. The second-order valence-corrected chi connectivity index (χ2v) is 6.93. The van der Waals surface area contributed by atoms with E-state index in [4.69, 9.17) is 5.26 Å². The predicted octanol–water partition coefficient (Wildman–Crippen LogP) is 1.22. The Balaban J connectivity index is 1.72. The number of hydrogen-bond acceptors (Lipinski definition) is 4. The molecule has 5 nitrogen and oxygen atoms in total. The Morgan fingerprint density at radius 1 is 1.48 bits per heavy atom. The number of nitriles is 1. The summed E-state index contributed by atoms with van der Waals surface area (Å²) in [4.78, 5) is 15.9. The van der Waals surface area contributed by atoms with Crippen molar-refractivity contribution in [2.24, 2.45) is 11.3 Å². The van der Waals surface area contributed by atoms with E-state index in [-0.39, 0.29) is 17.9 Å². The van der Waals surface area contributed by atoms with Gasteiger partial charge in [-0.2, -0.15) is 5.26 Å².